The second-order valence-electron chi connectivity index (χ2n) is 21.3. The van der Waals surface area contributed by atoms with Crippen LogP contribution in [0.15, 0.2) is 97.5 Å². The minimum atomic E-state index is -0.744. The van der Waals surface area contributed by atoms with Crippen LogP contribution in [0.1, 0.15) is 93.4 Å². The van der Waals surface area contributed by atoms with E-state index < -0.39 is 12.0 Å². The van der Waals surface area contributed by atoms with Crippen molar-refractivity contribution in [2.75, 3.05) is 36.8 Å². The number of amides is 2. The third-order valence-electron chi connectivity index (χ3n) is 16.4. The standard InChI is InChI=1S/C57H63N15O4/c1-34-7-3-4-8-41(34)42-9-5-11-47-52(42)65-67-71(47)50-22-27-59-56(63-50)60-38-17-15-37(16-18-38)55(76)70-30-25-49(74)45(33-70)46-31-51(72-48-12-6-10-43(53(48)66-68-72)44-32-58-26-21-35(44)2)64-57(62-46)61-39-19-13-36(14-20-39)54(75)69-28-23-40(73)24-29-69/h3-12,21-22,26-27,31-32,36-40,45,49,73-74H,13-20,23-25,28-30,33H2,1-2H3,(H,59,60,63)(H,61,62,64). The summed E-state index contributed by atoms with van der Waals surface area (Å²) in [4.78, 5) is 55.8. The molecule has 2 saturated heterocycles. The van der Waals surface area contributed by atoms with Crippen LogP contribution in [-0.4, -0.2) is 137 Å². The maximum atomic E-state index is 14.5. The smallest absolute Gasteiger partial charge is 0.225 e. The Labute approximate surface area is 440 Å². The maximum Gasteiger partial charge on any atom is 0.225 e. The minimum absolute atomic E-state index is 0.0182. The molecule has 390 valence electrons. The SMILES string of the molecule is Cc1ccccc1-c1cccc2c1nnn2-c1ccnc(NC2CCC(C(=O)N3CCC(O)C(c4cc(-n5nnc6c(-c7cnccc7C)cccc65)nc(NC5CCC(C(=O)N6CCC(O)CC6)CC5)n4)C3)CC2)n1. The van der Waals surface area contributed by atoms with E-state index in [-0.39, 0.29) is 41.8 Å². The lowest BCUT2D eigenvalue weighted by Crippen LogP contribution is -2.48. The van der Waals surface area contributed by atoms with Gasteiger partial charge in [-0.1, -0.05) is 59.0 Å². The fourth-order valence-electron chi connectivity index (χ4n) is 12.0. The van der Waals surface area contributed by atoms with E-state index in [0.29, 0.717) is 93.0 Å². The number of fused-ring (bicyclic) bond motifs is 2. The van der Waals surface area contributed by atoms with E-state index in [1.807, 2.05) is 83.6 Å². The number of anilines is 2. The number of carbonyl (C=O) groups excluding carboxylic acids is 2. The average Bonchev–Trinajstić information content (AvgIpc) is 4.15. The largest absolute Gasteiger partial charge is 0.393 e. The van der Waals surface area contributed by atoms with Gasteiger partial charge in [-0.2, -0.15) is 19.3 Å². The molecule has 76 heavy (non-hydrogen) atoms. The number of pyridine rings is 1. The number of hydrogen-bond acceptors (Lipinski definition) is 15. The van der Waals surface area contributed by atoms with E-state index >= 15 is 0 Å². The zero-order valence-corrected chi connectivity index (χ0v) is 42.9. The summed E-state index contributed by atoms with van der Waals surface area (Å²) in [5.41, 5.74) is 9.94. The van der Waals surface area contributed by atoms with Crippen molar-refractivity contribution in [1.29, 1.82) is 0 Å². The quantitative estimate of drug-likeness (QED) is 0.0990. The Hall–Kier alpha value is -7.77. The van der Waals surface area contributed by atoms with Crippen molar-refractivity contribution >= 4 is 45.8 Å². The van der Waals surface area contributed by atoms with E-state index in [4.69, 9.17) is 15.0 Å². The van der Waals surface area contributed by atoms with Gasteiger partial charge in [0.2, 0.25) is 23.7 Å². The van der Waals surface area contributed by atoms with Gasteiger partial charge in [-0.15, -0.1) is 10.2 Å². The normalized spacial score (nSPS) is 22.5. The molecule has 0 spiro atoms. The van der Waals surface area contributed by atoms with Crippen molar-refractivity contribution < 1.29 is 19.8 Å². The highest BCUT2D eigenvalue weighted by Crippen LogP contribution is 2.36. The number of benzene rings is 3. The topological polar surface area (TPSA) is 231 Å². The highest BCUT2D eigenvalue weighted by molar-refractivity contribution is 5.94. The van der Waals surface area contributed by atoms with Crippen molar-refractivity contribution in [3.8, 4) is 33.9 Å². The second kappa shape index (κ2) is 21.1. The molecule has 12 rings (SSSR count). The van der Waals surface area contributed by atoms with Gasteiger partial charge in [0.25, 0.3) is 0 Å². The molecule has 19 heteroatoms. The summed E-state index contributed by atoms with van der Waals surface area (Å²) < 4.78 is 3.47. The summed E-state index contributed by atoms with van der Waals surface area (Å²) >= 11 is 0. The van der Waals surface area contributed by atoms with Crippen LogP contribution >= 0.6 is 0 Å². The predicted octanol–water partition coefficient (Wildman–Crippen LogP) is 7.38. The lowest BCUT2D eigenvalue weighted by molar-refractivity contribution is -0.139. The first-order chi connectivity index (χ1) is 37.1. The Balaban J connectivity index is 0.744. The number of carbonyl (C=O) groups is 2. The highest BCUT2D eigenvalue weighted by atomic mass is 16.3. The number of piperidine rings is 2. The number of aromatic nitrogens is 11. The zero-order chi connectivity index (χ0) is 51.9. The van der Waals surface area contributed by atoms with Crippen molar-refractivity contribution in [1.82, 2.24) is 64.7 Å². The van der Waals surface area contributed by atoms with Crippen LogP contribution in [0, 0.1) is 25.7 Å². The van der Waals surface area contributed by atoms with Gasteiger partial charge >= 0.3 is 0 Å². The van der Waals surface area contributed by atoms with E-state index in [1.165, 1.54) is 0 Å². The Morgan fingerprint density at radius 2 is 1.14 bits per heavy atom. The number of nitrogens with zero attached hydrogens (tertiary/aromatic N) is 13. The third kappa shape index (κ3) is 9.84. The van der Waals surface area contributed by atoms with E-state index in [1.54, 1.807) is 21.8 Å². The van der Waals surface area contributed by atoms with Gasteiger partial charge in [0.15, 0.2) is 11.6 Å². The molecule has 7 heterocycles. The molecule has 0 radical (unpaired) electrons. The number of aryl methyl sites for hydroxylation is 2. The molecule has 3 aromatic carbocycles. The molecule has 8 aromatic rings. The molecule has 19 nitrogen and oxygen atoms in total. The minimum Gasteiger partial charge on any atom is -0.393 e. The number of nitrogens with one attached hydrogen (secondary N) is 2. The molecule has 4 fully saturated rings. The number of rotatable bonds is 11. The van der Waals surface area contributed by atoms with Crippen LogP contribution < -0.4 is 10.6 Å². The van der Waals surface area contributed by atoms with Crippen molar-refractivity contribution in [3.63, 3.8) is 0 Å². The summed E-state index contributed by atoms with van der Waals surface area (Å²) in [6.07, 6.45) is 11.9. The van der Waals surface area contributed by atoms with Gasteiger partial charge in [-0.05, 0) is 119 Å². The van der Waals surface area contributed by atoms with Crippen LogP contribution in [0.4, 0.5) is 11.9 Å². The number of aliphatic hydroxyl groups excluding tert-OH is 2. The van der Waals surface area contributed by atoms with E-state index in [0.717, 1.165) is 88.5 Å². The van der Waals surface area contributed by atoms with Gasteiger partial charge in [-0.3, -0.25) is 14.6 Å². The summed E-state index contributed by atoms with van der Waals surface area (Å²) in [6, 6.07) is 26.1. The van der Waals surface area contributed by atoms with Gasteiger partial charge in [0.1, 0.15) is 11.0 Å². The molecule has 2 aliphatic heterocycles. The first-order valence-electron chi connectivity index (χ1n) is 27.0. The van der Waals surface area contributed by atoms with Crippen LogP contribution in [0.25, 0.3) is 56.0 Å². The summed E-state index contributed by atoms with van der Waals surface area (Å²) in [6.45, 7) is 6.10. The Morgan fingerprint density at radius 3 is 1.82 bits per heavy atom. The molecular formula is C57H63N15O4. The van der Waals surface area contributed by atoms with Gasteiger partial charge in [0, 0.05) is 103 Å². The molecule has 4 N–H and O–H groups in total. The predicted molar refractivity (Wildman–Crippen MR) is 288 cm³/mol. The Morgan fingerprint density at radius 1 is 0.566 bits per heavy atom. The fraction of sp³-hybridized carbons (Fsp3) is 0.421. The Bertz CT molecular complexity index is 3410. The van der Waals surface area contributed by atoms with E-state index in [2.05, 4.69) is 66.3 Å². The summed E-state index contributed by atoms with van der Waals surface area (Å²) in [7, 11) is 0. The summed E-state index contributed by atoms with van der Waals surface area (Å²) in [5, 5.41) is 47.4. The average molecular weight is 1020 g/mol. The third-order valence-corrected chi connectivity index (χ3v) is 16.4. The molecule has 2 saturated carbocycles. The van der Waals surface area contributed by atoms with Crippen molar-refractivity contribution in [2.45, 2.75) is 115 Å². The fourth-order valence-corrected chi connectivity index (χ4v) is 12.0. The molecular weight excluding hydrogens is 959 g/mol. The first kappa shape index (κ1) is 49.1. The van der Waals surface area contributed by atoms with Gasteiger partial charge < -0.3 is 30.6 Å². The number of hydrogen-bond donors (Lipinski definition) is 4. The molecule has 5 aromatic heterocycles. The van der Waals surface area contributed by atoms with Gasteiger partial charge in [0.05, 0.1) is 28.9 Å². The summed E-state index contributed by atoms with van der Waals surface area (Å²) in [5.74, 6) is 1.57. The molecule has 2 atom stereocenters. The number of aliphatic hydroxyl groups is 2. The first-order valence-corrected chi connectivity index (χ1v) is 27.0. The number of likely N-dealkylation sites (tertiary alicyclic amines) is 2. The molecule has 0 bridgehead atoms. The van der Waals surface area contributed by atoms with E-state index in [9.17, 15) is 19.8 Å². The van der Waals surface area contributed by atoms with Crippen molar-refractivity contribution in [3.05, 3.63) is 114 Å². The molecule has 2 amide bonds. The lowest BCUT2D eigenvalue weighted by Gasteiger charge is -2.39. The zero-order valence-electron chi connectivity index (χ0n) is 42.9. The van der Waals surface area contributed by atoms with Crippen LogP contribution in [0.2, 0.25) is 0 Å². The maximum absolute atomic E-state index is 14.5. The van der Waals surface area contributed by atoms with Crippen LogP contribution in [0.5, 0.6) is 0 Å². The molecule has 2 unspecified atom stereocenters. The second-order valence-corrected chi connectivity index (χ2v) is 21.3. The highest BCUT2D eigenvalue weighted by Gasteiger charge is 2.38. The van der Waals surface area contributed by atoms with Crippen molar-refractivity contribution in [2.24, 2.45) is 11.8 Å². The monoisotopic (exact) mass is 1020 g/mol. The lowest BCUT2D eigenvalue weighted by atomic mass is 9.84. The molecule has 4 aliphatic rings. The molecule has 2 aliphatic carbocycles. The van der Waals surface area contributed by atoms with Crippen LogP contribution in [-0.2, 0) is 9.59 Å². The van der Waals surface area contributed by atoms with Gasteiger partial charge in [-0.25, -0.2) is 9.97 Å². The Kier molecular flexibility index (Phi) is 13.6. The van der Waals surface area contributed by atoms with Crippen LogP contribution in [0.3, 0.4) is 0 Å².